The molecule has 0 saturated carbocycles. The summed E-state index contributed by atoms with van der Waals surface area (Å²) in [5, 5.41) is 1.25. The van der Waals surface area contributed by atoms with E-state index in [9.17, 15) is 4.79 Å². The van der Waals surface area contributed by atoms with Crippen molar-refractivity contribution in [3.05, 3.63) is 48.2 Å². The maximum Gasteiger partial charge on any atom is 0.224 e. The highest BCUT2D eigenvalue weighted by Crippen LogP contribution is 2.45. The zero-order chi connectivity index (χ0) is 20.1. The van der Waals surface area contributed by atoms with Gasteiger partial charge in [0, 0.05) is 43.8 Å². The van der Waals surface area contributed by atoms with Crippen molar-refractivity contribution in [2.24, 2.45) is 11.8 Å². The standard InChI is InChI=1S/C26H33N3O/c30-25(11-15-27-14-10-19-6-1-2-8-23(19)27)29-13-5-7-20-16-21-17-22(26(20)29)18-28-12-4-3-9-24(21)28/h1-2,6,8,10,14,16,21-22,24,26H,3-5,7,9,11-13,15,17-18H2. The van der Waals surface area contributed by atoms with E-state index in [0.717, 1.165) is 31.5 Å². The first kappa shape index (κ1) is 18.7. The van der Waals surface area contributed by atoms with Crippen LogP contribution in [0.1, 0.15) is 44.9 Å². The van der Waals surface area contributed by atoms with E-state index >= 15 is 0 Å². The highest BCUT2D eigenvalue weighted by Gasteiger charge is 2.46. The summed E-state index contributed by atoms with van der Waals surface area (Å²) in [6.07, 6.45) is 13.1. The molecule has 4 aliphatic rings. The Balaban J connectivity index is 1.20. The first-order chi connectivity index (χ1) is 14.8. The number of carbonyl (C=O) groups is 1. The number of nitrogens with zero attached hydrogens (tertiary/aromatic N) is 3. The molecule has 0 radical (unpaired) electrons. The fourth-order valence-corrected chi connectivity index (χ4v) is 6.95. The maximum absolute atomic E-state index is 13.4. The molecule has 0 spiro atoms. The van der Waals surface area contributed by atoms with Gasteiger partial charge in [-0.05, 0) is 68.0 Å². The van der Waals surface area contributed by atoms with Crippen LogP contribution in [0.2, 0.25) is 0 Å². The lowest BCUT2D eigenvalue weighted by Gasteiger charge is -2.54. The topological polar surface area (TPSA) is 28.5 Å². The van der Waals surface area contributed by atoms with E-state index in [0.29, 0.717) is 24.3 Å². The number of para-hydroxylation sites is 1. The van der Waals surface area contributed by atoms with E-state index in [4.69, 9.17) is 0 Å². The molecule has 2 aromatic rings. The summed E-state index contributed by atoms with van der Waals surface area (Å²) in [6.45, 7) is 4.19. The van der Waals surface area contributed by atoms with Gasteiger partial charge in [0.05, 0.1) is 6.04 Å². The minimum absolute atomic E-state index is 0.350. The van der Waals surface area contributed by atoms with Crippen molar-refractivity contribution in [3.63, 3.8) is 0 Å². The van der Waals surface area contributed by atoms with Crippen molar-refractivity contribution in [1.29, 1.82) is 0 Å². The number of amides is 1. The Kier molecular flexibility index (Phi) is 4.71. The Labute approximate surface area is 179 Å². The molecule has 1 amide bonds. The first-order valence-corrected chi connectivity index (χ1v) is 12.1. The van der Waals surface area contributed by atoms with Crippen LogP contribution in [-0.2, 0) is 11.3 Å². The predicted octanol–water partition coefficient (Wildman–Crippen LogP) is 4.45. The number of aromatic nitrogens is 1. The minimum Gasteiger partial charge on any atom is -0.347 e. The summed E-state index contributed by atoms with van der Waals surface area (Å²) in [6, 6.07) is 11.7. The Morgan fingerprint density at radius 3 is 2.97 bits per heavy atom. The Morgan fingerprint density at radius 2 is 2.00 bits per heavy atom. The third-order valence-corrected chi connectivity index (χ3v) is 8.22. The van der Waals surface area contributed by atoms with E-state index in [1.165, 1.54) is 56.1 Å². The minimum atomic E-state index is 0.350. The zero-order valence-corrected chi connectivity index (χ0v) is 17.9. The van der Waals surface area contributed by atoms with Gasteiger partial charge in [0.2, 0.25) is 5.91 Å². The van der Waals surface area contributed by atoms with E-state index in [1.54, 1.807) is 5.57 Å². The highest BCUT2D eigenvalue weighted by molar-refractivity contribution is 5.81. The third kappa shape index (κ3) is 3.11. The number of aryl methyl sites for hydroxylation is 1. The third-order valence-electron chi connectivity index (χ3n) is 8.22. The van der Waals surface area contributed by atoms with Crippen LogP contribution in [0.3, 0.4) is 0 Å². The highest BCUT2D eigenvalue weighted by atomic mass is 16.2. The molecular formula is C26H33N3O. The summed E-state index contributed by atoms with van der Waals surface area (Å²) < 4.78 is 2.24. The van der Waals surface area contributed by atoms with Crippen molar-refractivity contribution in [2.45, 2.75) is 63.6 Å². The second-order valence-corrected chi connectivity index (χ2v) is 9.91. The molecule has 1 aromatic carbocycles. The summed E-state index contributed by atoms with van der Waals surface area (Å²) in [7, 11) is 0. The van der Waals surface area contributed by atoms with Gasteiger partial charge in [-0.3, -0.25) is 9.69 Å². The monoisotopic (exact) mass is 403 g/mol. The van der Waals surface area contributed by atoms with Gasteiger partial charge in [0.15, 0.2) is 0 Å². The normalized spacial score (nSPS) is 31.2. The average molecular weight is 404 g/mol. The van der Waals surface area contributed by atoms with Gasteiger partial charge in [-0.2, -0.15) is 0 Å². The quantitative estimate of drug-likeness (QED) is 0.708. The van der Waals surface area contributed by atoms with Crippen molar-refractivity contribution in [3.8, 4) is 0 Å². The van der Waals surface area contributed by atoms with Gasteiger partial charge >= 0.3 is 0 Å². The van der Waals surface area contributed by atoms with Gasteiger partial charge in [-0.25, -0.2) is 0 Å². The Bertz CT molecular complexity index is 976. The van der Waals surface area contributed by atoms with Crippen LogP contribution in [0.5, 0.6) is 0 Å². The van der Waals surface area contributed by atoms with Gasteiger partial charge < -0.3 is 9.47 Å². The summed E-state index contributed by atoms with van der Waals surface area (Å²) in [4.78, 5) is 18.4. The SMILES string of the molecule is O=C(CCn1ccc2ccccc21)N1CCCC2=CC3CC(CN4CCCCC34)C21. The molecule has 0 N–H and O–H groups in total. The van der Waals surface area contributed by atoms with Crippen LogP contribution < -0.4 is 0 Å². The fraction of sp³-hybridized carbons (Fsp3) is 0.577. The lowest BCUT2D eigenvalue weighted by atomic mass is 9.68. The molecule has 2 bridgehead atoms. The van der Waals surface area contributed by atoms with Gasteiger partial charge in [0.1, 0.15) is 0 Å². The maximum atomic E-state index is 13.4. The number of rotatable bonds is 3. The van der Waals surface area contributed by atoms with E-state index in [2.05, 4.69) is 57.0 Å². The lowest BCUT2D eigenvalue weighted by Crippen LogP contribution is -2.60. The molecule has 6 rings (SSSR count). The number of likely N-dealkylation sites (tertiary alicyclic amines) is 1. The molecule has 158 valence electrons. The molecule has 4 unspecified atom stereocenters. The number of fused-ring (bicyclic) bond motifs is 7. The van der Waals surface area contributed by atoms with Gasteiger partial charge in [-0.1, -0.05) is 36.3 Å². The van der Waals surface area contributed by atoms with E-state index in [-0.39, 0.29) is 0 Å². The number of hydrogen-bond acceptors (Lipinski definition) is 2. The summed E-state index contributed by atoms with van der Waals surface area (Å²) in [5.74, 6) is 1.72. The molecule has 4 heteroatoms. The van der Waals surface area contributed by atoms with Crippen LogP contribution in [-0.4, -0.2) is 52.0 Å². The molecule has 4 nitrogen and oxygen atoms in total. The molecule has 1 aromatic heterocycles. The Hall–Kier alpha value is -2.07. The average Bonchev–Trinajstić information content (AvgIpc) is 3.20. The fourth-order valence-electron chi connectivity index (χ4n) is 6.95. The van der Waals surface area contributed by atoms with Gasteiger partial charge in [-0.15, -0.1) is 0 Å². The van der Waals surface area contributed by atoms with Crippen LogP contribution in [0.15, 0.2) is 48.2 Å². The van der Waals surface area contributed by atoms with Crippen molar-refractivity contribution >= 4 is 16.8 Å². The molecule has 3 aliphatic heterocycles. The van der Waals surface area contributed by atoms with E-state index in [1.807, 2.05) is 0 Å². The van der Waals surface area contributed by atoms with Crippen LogP contribution in [0.4, 0.5) is 0 Å². The summed E-state index contributed by atoms with van der Waals surface area (Å²) in [5.41, 5.74) is 2.82. The van der Waals surface area contributed by atoms with Gasteiger partial charge in [0.25, 0.3) is 0 Å². The molecule has 30 heavy (non-hydrogen) atoms. The molecule has 3 fully saturated rings. The predicted molar refractivity (Wildman–Crippen MR) is 120 cm³/mol. The smallest absolute Gasteiger partial charge is 0.224 e. The van der Waals surface area contributed by atoms with Crippen molar-refractivity contribution in [1.82, 2.24) is 14.4 Å². The largest absolute Gasteiger partial charge is 0.347 e. The number of piperidine rings is 3. The first-order valence-electron chi connectivity index (χ1n) is 12.1. The lowest BCUT2D eigenvalue weighted by molar-refractivity contribution is -0.136. The van der Waals surface area contributed by atoms with Crippen LogP contribution in [0, 0.1) is 11.8 Å². The Morgan fingerprint density at radius 1 is 1.07 bits per heavy atom. The number of benzene rings is 1. The summed E-state index contributed by atoms with van der Waals surface area (Å²) >= 11 is 0. The molecule has 4 atom stereocenters. The number of carbonyl (C=O) groups excluding carboxylic acids is 1. The van der Waals surface area contributed by atoms with E-state index < -0.39 is 0 Å². The molecule has 1 aliphatic carbocycles. The van der Waals surface area contributed by atoms with Crippen LogP contribution in [0.25, 0.3) is 10.9 Å². The molecular weight excluding hydrogens is 370 g/mol. The van der Waals surface area contributed by atoms with Crippen molar-refractivity contribution in [2.75, 3.05) is 19.6 Å². The van der Waals surface area contributed by atoms with Crippen molar-refractivity contribution < 1.29 is 4.79 Å². The molecule has 4 heterocycles. The molecule has 3 saturated heterocycles. The van der Waals surface area contributed by atoms with Crippen LogP contribution >= 0.6 is 0 Å². The second kappa shape index (κ2) is 7.56. The second-order valence-electron chi connectivity index (χ2n) is 9.91. The number of hydrogen-bond donors (Lipinski definition) is 0. The zero-order valence-electron chi connectivity index (χ0n) is 17.9.